The highest BCUT2D eigenvalue weighted by atomic mass is 35.5. The van der Waals surface area contributed by atoms with E-state index in [4.69, 9.17) is 52.1 Å². The Morgan fingerprint density at radius 2 is 1.66 bits per heavy atom. The largest absolute Gasteiger partial charge is 0.397 e. The summed E-state index contributed by atoms with van der Waals surface area (Å²) < 4.78 is 1.99. The van der Waals surface area contributed by atoms with Crippen molar-refractivity contribution in [2.24, 2.45) is 5.73 Å². The van der Waals surface area contributed by atoms with Crippen LogP contribution in [-0.2, 0) is 0 Å². The third-order valence-corrected chi connectivity index (χ3v) is 7.13. The molecule has 0 amide bonds. The zero-order chi connectivity index (χ0) is 23.2. The number of nitriles is 2. The number of nitrogens with zero attached hydrogens (tertiary/aromatic N) is 3. The summed E-state index contributed by atoms with van der Waals surface area (Å²) in [5.41, 5.74) is 6.92. The lowest BCUT2D eigenvalue weighted by Gasteiger charge is -2.24. The zero-order valence-corrected chi connectivity index (χ0v) is 19.7. The fraction of sp³-hybridized carbons (Fsp3) is 0.0455. The first kappa shape index (κ1) is 22.5. The quantitative estimate of drug-likeness (QED) is 0.543. The van der Waals surface area contributed by atoms with Gasteiger partial charge in [0.05, 0.1) is 21.9 Å². The second kappa shape index (κ2) is 8.67. The first-order valence-electron chi connectivity index (χ1n) is 8.94. The maximum atomic E-state index is 13.5. The number of nitrogens with two attached hydrogens (primary N) is 1. The number of aromatic nitrogens is 1. The molecule has 0 aliphatic carbocycles. The van der Waals surface area contributed by atoms with Crippen LogP contribution in [0.4, 0.5) is 0 Å². The number of fused-ring (bicyclic) bond motifs is 1. The van der Waals surface area contributed by atoms with Gasteiger partial charge >= 0.3 is 0 Å². The summed E-state index contributed by atoms with van der Waals surface area (Å²) in [6.45, 7) is 0. The molecule has 0 saturated carbocycles. The van der Waals surface area contributed by atoms with E-state index < -0.39 is 11.6 Å². The molecule has 0 unspecified atom stereocenters. The van der Waals surface area contributed by atoms with E-state index in [1.807, 2.05) is 12.1 Å². The molecule has 1 aliphatic rings. The Bertz CT molecular complexity index is 1590. The Kier molecular flexibility index (Phi) is 6.09. The van der Waals surface area contributed by atoms with E-state index in [0.29, 0.717) is 35.4 Å². The number of rotatable bonds is 2. The lowest BCUT2D eigenvalue weighted by atomic mass is 9.93. The Morgan fingerprint density at radius 3 is 2.25 bits per heavy atom. The number of allylic oxidation sites excluding steroid dienone is 2. The summed E-state index contributed by atoms with van der Waals surface area (Å²) >= 11 is 25.7. The second-order valence-electron chi connectivity index (χ2n) is 6.75. The first-order chi connectivity index (χ1) is 15.3. The maximum absolute atomic E-state index is 13.5. The van der Waals surface area contributed by atoms with Crippen LogP contribution in [0, 0.1) is 22.7 Å². The number of thiazole rings is 1. The van der Waals surface area contributed by atoms with Crippen molar-refractivity contribution in [3.63, 3.8) is 0 Å². The highest BCUT2D eigenvalue weighted by molar-refractivity contribution is 7.07. The Labute approximate surface area is 206 Å². The molecule has 0 fully saturated rings. The van der Waals surface area contributed by atoms with Crippen molar-refractivity contribution in [1.29, 1.82) is 10.5 Å². The predicted molar refractivity (Wildman–Crippen MR) is 128 cm³/mol. The maximum Gasteiger partial charge on any atom is 0.269 e. The van der Waals surface area contributed by atoms with Crippen LogP contribution in [0.15, 0.2) is 52.5 Å². The van der Waals surface area contributed by atoms with E-state index in [-0.39, 0.29) is 21.9 Å². The molecule has 2 heterocycles. The number of hydrogen-bond acceptors (Lipinski definition) is 5. The molecular weight excluding hydrogens is 510 g/mol. The van der Waals surface area contributed by atoms with Crippen LogP contribution in [0.3, 0.4) is 0 Å². The average Bonchev–Trinajstić information content (AvgIpc) is 3.05. The van der Waals surface area contributed by atoms with E-state index >= 15 is 0 Å². The fourth-order valence-electron chi connectivity index (χ4n) is 3.44. The SMILES string of the molecule is N#CC1=C(N)C(C#N)=c2s/c(=C/c3ccc(Cl)cc3Cl)c(=O)n2[C@@H]1c1ccc(Cl)cc1Cl. The van der Waals surface area contributed by atoms with Crippen molar-refractivity contribution >= 4 is 69.4 Å². The van der Waals surface area contributed by atoms with Gasteiger partial charge in [0.15, 0.2) is 0 Å². The molecular formula is C22H10Cl4N4OS. The molecule has 3 aromatic rings. The summed E-state index contributed by atoms with van der Waals surface area (Å²) in [5, 5.41) is 21.1. The van der Waals surface area contributed by atoms with Crippen LogP contribution < -0.4 is 20.5 Å². The Morgan fingerprint density at radius 1 is 1.00 bits per heavy atom. The minimum absolute atomic E-state index is 0.00309. The predicted octanol–water partition coefficient (Wildman–Crippen LogP) is 4.37. The smallest absolute Gasteiger partial charge is 0.269 e. The molecule has 0 saturated heterocycles. The molecule has 5 nitrogen and oxygen atoms in total. The molecule has 10 heteroatoms. The summed E-state index contributed by atoms with van der Waals surface area (Å²) in [6.07, 6.45) is 1.61. The van der Waals surface area contributed by atoms with Gasteiger partial charge in [-0.05, 0) is 41.5 Å². The van der Waals surface area contributed by atoms with Crippen LogP contribution in [0.1, 0.15) is 17.2 Å². The molecule has 158 valence electrons. The van der Waals surface area contributed by atoms with Gasteiger partial charge in [-0.25, -0.2) is 0 Å². The minimum Gasteiger partial charge on any atom is -0.397 e. The summed E-state index contributed by atoms with van der Waals surface area (Å²) in [5.74, 6) is 0. The molecule has 0 radical (unpaired) electrons. The molecule has 32 heavy (non-hydrogen) atoms. The van der Waals surface area contributed by atoms with Gasteiger partial charge in [0.1, 0.15) is 22.3 Å². The first-order valence-corrected chi connectivity index (χ1v) is 11.3. The van der Waals surface area contributed by atoms with Crippen LogP contribution in [0.2, 0.25) is 20.1 Å². The fourth-order valence-corrected chi connectivity index (χ4v) is 5.54. The monoisotopic (exact) mass is 518 g/mol. The summed E-state index contributed by atoms with van der Waals surface area (Å²) in [4.78, 5) is 13.5. The normalized spacial score (nSPS) is 16.0. The van der Waals surface area contributed by atoms with Crippen molar-refractivity contribution in [3.05, 3.63) is 98.4 Å². The third-order valence-electron chi connectivity index (χ3n) is 4.90. The van der Waals surface area contributed by atoms with Gasteiger partial charge in [0.25, 0.3) is 5.56 Å². The number of benzene rings is 2. The van der Waals surface area contributed by atoms with E-state index in [0.717, 1.165) is 11.3 Å². The van der Waals surface area contributed by atoms with Crippen LogP contribution >= 0.6 is 57.7 Å². The molecule has 1 aromatic heterocycles. The number of halogens is 4. The highest BCUT2D eigenvalue weighted by Crippen LogP contribution is 2.35. The van der Waals surface area contributed by atoms with Crippen molar-refractivity contribution in [2.45, 2.75) is 6.04 Å². The molecule has 1 atom stereocenters. The number of hydrogen-bond donors (Lipinski definition) is 1. The highest BCUT2D eigenvalue weighted by Gasteiger charge is 2.32. The molecule has 2 aromatic carbocycles. The van der Waals surface area contributed by atoms with Gasteiger partial charge in [-0.3, -0.25) is 9.36 Å². The van der Waals surface area contributed by atoms with Gasteiger partial charge in [0, 0.05) is 20.1 Å². The van der Waals surface area contributed by atoms with Crippen LogP contribution in [0.25, 0.3) is 11.6 Å². The Balaban J connectivity index is 2.10. The average molecular weight is 520 g/mol. The topological polar surface area (TPSA) is 95.6 Å². The van der Waals surface area contributed by atoms with Gasteiger partial charge < -0.3 is 5.73 Å². The van der Waals surface area contributed by atoms with E-state index in [1.54, 1.807) is 36.4 Å². The lowest BCUT2D eigenvalue weighted by molar-refractivity contribution is 0.634. The lowest BCUT2D eigenvalue weighted by Crippen LogP contribution is -2.40. The minimum atomic E-state index is -0.913. The van der Waals surface area contributed by atoms with Crippen molar-refractivity contribution in [2.75, 3.05) is 0 Å². The Hall–Kier alpha value is -2.71. The van der Waals surface area contributed by atoms with Gasteiger partial charge in [-0.1, -0.05) is 58.5 Å². The van der Waals surface area contributed by atoms with Crippen molar-refractivity contribution in [1.82, 2.24) is 4.57 Å². The van der Waals surface area contributed by atoms with Crippen molar-refractivity contribution < 1.29 is 0 Å². The summed E-state index contributed by atoms with van der Waals surface area (Å²) in [7, 11) is 0. The standard InChI is InChI=1S/C22H10Cl4N4OS/c23-11-2-1-10(16(25)6-11)5-18-21(31)30-20(13-4-3-12(24)7-17(13)26)14(8-27)19(29)15(9-28)22(30)32-18/h1-7,20H,29H2/b18-5+/t20-/m1/s1. The molecule has 2 N–H and O–H groups in total. The molecule has 4 rings (SSSR count). The van der Waals surface area contributed by atoms with Crippen LogP contribution in [0.5, 0.6) is 0 Å². The molecule has 0 bridgehead atoms. The molecule has 0 spiro atoms. The van der Waals surface area contributed by atoms with E-state index in [9.17, 15) is 15.3 Å². The molecule has 1 aliphatic heterocycles. The van der Waals surface area contributed by atoms with E-state index in [1.165, 1.54) is 10.6 Å². The van der Waals surface area contributed by atoms with E-state index in [2.05, 4.69) is 0 Å². The summed E-state index contributed by atoms with van der Waals surface area (Å²) in [6, 6.07) is 12.8. The van der Waals surface area contributed by atoms with Crippen molar-refractivity contribution in [3.8, 4) is 12.1 Å². The second-order valence-corrected chi connectivity index (χ2v) is 9.47. The van der Waals surface area contributed by atoms with Gasteiger partial charge in [-0.2, -0.15) is 10.5 Å². The van der Waals surface area contributed by atoms with Gasteiger partial charge in [-0.15, -0.1) is 11.3 Å². The zero-order valence-electron chi connectivity index (χ0n) is 15.9. The van der Waals surface area contributed by atoms with Gasteiger partial charge in [0.2, 0.25) is 0 Å². The third kappa shape index (κ3) is 3.71. The van der Waals surface area contributed by atoms with Crippen LogP contribution in [-0.4, -0.2) is 4.57 Å².